The number of anilines is 1. The molecule has 1 fully saturated rings. The molecule has 1 aliphatic heterocycles. The van der Waals surface area contributed by atoms with Gasteiger partial charge in [0.25, 0.3) is 5.91 Å². The predicted molar refractivity (Wildman–Crippen MR) is 70.7 cm³/mol. The fourth-order valence-corrected chi connectivity index (χ4v) is 2.21. The van der Waals surface area contributed by atoms with E-state index in [-0.39, 0.29) is 22.5 Å². The third-order valence-electron chi connectivity index (χ3n) is 2.89. The Morgan fingerprint density at radius 2 is 2.11 bits per heavy atom. The van der Waals surface area contributed by atoms with Crippen LogP contribution in [0.1, 0.15) is 20.3 Å². The lowest BCUT2D eigenvalue weighted by molar-refractivity contribution is -0.118. The highest BCUT2D eigenvalue weighted by molar-refractivity contribution is 6.31. The highest BCUT2D eigenvalue weighted by Crippen LogP contribution is 2.26. The Morgan fingerprint density at radius 1 is 1.42 bits per heavy atom. The maximum Gasteiger partial charge on any atom is 0.329 e. The summed E-state index contributed by atoms with van der Waals surface area (Å²) in [7, 11) is 0. The van der Waals surface area contributed by atoms with Crippen LogP contribution in [0.4, 0.5) is 14.9 Å². The first kappa shape index (κ1) is 13.8. The smallest absolute Gasteiger partial charge is 0.325 e. The van der Waals surface area contributed by atoms with Crippen molar-refractivity contribution in [3.8, 4) is 0 Å². The van der Waals surface area contributed by atoms with Crippen LogP contribution >= 0.6 is 11.6 Å². The number of hydrogen-bond acceptors (Lipinski definition) is 2. The summed E-state index contributed by atoms with van der Waals surface area (Å²) in [6.07, 6.45) is 0.565. The molecule has 6 heteroatoms. The van der Waals surface area contributed by atoms with Crippen LogP contribution in [-0.4, -0.2) is 18.0 Å². The molecular formula is C13H14ClFN2O2. The van der Waals surface area contributed by atoms with E-state index in [0.717, 1.165) is 11.0 Å². The van der Waals surface area contributed by atoms with Gasteiger partial charge in [0.1, 0.15) is 11.9 Å². The van der Waals surface area contributed by atoms with E-state index >= 15 is 0 Å². The van der Waals surface area contributed by atoms with E-state index in [2.05, 4.69) is 5.32 Å². The second-order valence-corrected chi connectivity index (χ2v) is 5.31. The minimum absolute atomic E-state index is 0.120. The molecule has 1 aliphatic rings. The number of hydrogen-bond donors (Lipinski definition) is 1. The molecule has 1 N–H and O–H groups in total. The molecule has 102 valence electrons. The summed E-state index contributed by atoms with van der Waals surface area (Å²) >= 11 is 5.66. The van der Waals surface area contributed by atoms with Gasteiger partial charge in [0, 0.05) is 0 Å². The van der Waals surface area contributed by atoms with Crippen LogP contribution in [0.15, 0.2) is 18.2 Å². The average molecular weight is 285 g/mol. The Bertz CT molecular complexity index is 533. The number of carbonyl (C=O) groups excluding carboxylic acids is 2. The summed E-state index contributed by atoms with van der Waals surface area (Å²) in [6, 6.07) is 2.73. The van der Waals surface area contributed by atoms with Gasteiger partial charge in [0.05, 0.1) is 10.7 Å². The molecule has 0 spiro atoms. The van der Waals surface area contributed by atoms with Gasteiger partial charge in [-0.05, 0) is 30.5 Å². The van der Waals surface area contributed by atoms with E-state index in [1.165, 1.54) is 12.1 Å². The largest absolute Gasteiger partial charge is 0.329 e. The Kier molecular flexibility index (Phi) is 3.75. The summed E-state index contributed by atoms with van der Waals surface area (Å²) in [5, 5.41) is 2.50. The normalized spacial score (nSPS) is 19.2. The number of nitrogens with one attached hydrogen (secondary N) is 1. The lowest BCUT2D eigenvalue weighted by atomic mass is 10.0. The van der Waals surface area contributed by atoms with E-state index in [1.54, 1.807) is 0 Å². The summed E-state index contributed by atoms with van der Waals surface area (Å²) in [5.74, 6) is -0.636. The van der Waals surface area contributed by atoms with Crippen molar-refractivity contribution in [2.75, 3.05) is 4.90 Å². The fourth-order valence-electron chi connectivity index (χ4n) is 2.03. The summed E-state index contributed by atoms with van der Waals surface area (Å²) in [5.41, 5.74) is 0.278. The average Bonchev–Trinajstić information content (AvgIpc) is 2.58. The third-order valence-corrected chi connectivity index (χ3v) is 3.18. The Labute approximate surface area is 115 Å². The van der Waals surface area contributed by atoms with E-state index in [4.69, 9.17) is 11.6 Å². The van der Waals surface area contributed by atoms with Crippen molar-refractivity contribution in [2.24, 2.45) is 5.92 Å². The quantitative estimate of drug-likeness (QED) is 0.868. The fraction of sp³-hybridized carbons (Fsp3) is 0.385. The number of nitrogens with zero attached hydrogens (tertiary/aromatic N) is 1. The molecule has 1 atom stereocenters. The number of rotatable bonds is 3. The summed E-state index contributed by atoms with van der Waals surface area (Å²) in [6.45, 7) is 3.94. The number of benzene rings is 1. The van der Waals surface area contributed by atoms with Gasteiger partial charge in [0.15, 0.2) is 0 Å². The molecule has 0 aromatic heterocycles. The highest BCUT2D eigenvalue weighted by Gasteiger charge is 2.39. The molecule has 0 radical (unpaired) electrons. The molecule has 3 amide bonds. The SMILES string of the molecule is CC(C)C[C@@H]1NC(=O)N(c2ccc(F)c(Cl)c2)C1=O. The summed E-state index contributed by atoms with van der Waals surface area (Å²) < 4.78 is 13.1. The molecule has 1 saturated heterocycles. The molecule has 4 nitrogen and oxygen atoms in total. The van der Waals surface area contributed by atoms with Crippen molar-refractivity contribution in [1.29, 1.82) is 0 Å². The van der Waals surface area contributed by atoms with Crippen LogP contribution in [0.3, 0.4) is 0 Å². The van der Waals surface area contributed by atoms with E-state index < -0.39 is 17.9 Å². The first-order valence-corrected chi connectivity index (χ1v) is 6.37. The van der Waals surface area contributed by atoms with Crippen LogP contribution in [-0.2, 0) is 4.79 Å². The molecule has 1 heterocycles. The maximum atomic E-state index is 13.1. The second kappa shape index (κ2) is 5.17. The van der Waals surface area contributed by atoms with Crippen molar-refractivity contribution >= 4 is 29.2 Å². The van der Waals surface area contributed by atoms with Crippen LogP contribution in [0.5, 0.6) is 0 Å². The molecule has 19 heavy (non-hydrogen) atoms. The molecule has 1 aromatic rings. The first-order chi connectivity index (χ1) is 8.90. The molecule has 0 aliphatic carbocycles. The monoisotopic (exact) mass is 284 g/mol. The van der Waals surface area contributed by atoms with Crippen LogP contribution in [0.2, 0.25) is 5.02 Å². The van der Waals surface area contributed by atoms with Crippen molar-refractivity contribution < 1.29 is 14.0 Å². The third kappa shape index (κ3) is 2.71. The topological polar surface area (TPSA) is 49.4 Å². The standard InChI is InChI=1S/C13H14ClFN2O2/c1-7(2)5-11-12(18)17(13(19)16-11)8-3-4-10(15)9(14)6-8/h3-4,6-7,11H,5H2,1-2H3,(H,16,19)/t11-/m0/s1. The minimum atomic E-state index is -0.587. The number of urea groups is 1. The van der Waals surface area contributed by atoms with Gasteiger partial charge in [-0.25, -0.2) is 14.1 Å². The maximum absolute atomic E-state index is 13.1. The Morgan fingerprint density at radius 3 is 2.68 bits per heavy atom. The number of imide groups is 1. The van der Waals surface area contributed by atoms with Crippen molar-refractivity contribution in [3.63, 3.8) is 0 Å². The molecule has 2 rings (SSSR count). The molecule has 0 bridgehead atoms. The number of halogens is 2. The lowest BCUT2D eigenvalue weighted by Gasteiger charge is -2.14. The number of carbonyl (C=O) groups is 2. The Balaban J connectivity index is 2.27. The second-order valence-electron chi connectivity index (χ2n) is 4.90. The van der Waals surface area contributed by atoms with Crippen LogP contribution in [0.25, 0.3) is 0 Å². The predicted octanol–water partition coefficient (Wildman–Crippen LogP) is 2.95. The van der Waals surface area contributed by atoms with E-state index in [0.29, 0.717) is 6.42 Å². The van der Waals surface area contributed by atoms with Gasteiger partial charge in [0.2, 0.25) is 0 Å². The molecule has 0 saturated carbocycles. The van der Waals surface area contributed by atoms with Crippen molar-refractivity contribution in [1.82, 2.24) is 5.32 Å². The first-order valence-electron chi connectivity index (χ1n) is 5.99. The zero-order valence-electron chi connectivity index (χ0n) is 10.6. The van der Waals surface area contributed by atoms with Gasteiger partial charge < -0.3 is 5.32 Å². The van der Waals surface area contributed by atoms with Gasteiger partial charge >= 0.3 is 6.03 Å². The van der Waals surface area contributed by atoms with Gasteiger partial charge in [-0.15, -0.1) is 0 Å². The molecule has 1 aromatic carbocycles. The zero-order chi connectivity index (χ0) is 14.2. The minimum Gasteiger partial charge on any atom is -0.325 e. The van der Waals surface area contributed by atoms with E-state index in [1.807, 2.05) is 13.8 Å². The van der Waals surface area contributed by atoms with Crippen LogP contribution < -0.4 is 10.2 Å². The zero-order valence-corrected chi connectivity index (χ0v) is 11.4. The van der Waals surface area contributed by atoms with Crippen molar-refractivity contribution in [3.05, 3.63) is 29.0 Å². The molecule has 0 unspecified atom stereocenters. The van der Waals surface area contributed by atoms with E-state index in [9.17, 15) is 14.0 Å². The van der Waals surface area contributed by atoms with Gasteiger partial charge in [-0.3, -0.25) is 4.79 Å². The Hall–Kier alpha value is -1.62. The number of amides is 3. The van der Waals surface area contributed by atoms with Gasteiger partial charge in [-0.1, -0.05) is 25.4 Å². The van der Waals surface area contributed by atoms with Crippen LogP contribution in [0, 0.1) is 11.7 Å². The molecular weight excluding hydrogens is 271 g/mol. The highest BCUT2D eigenvalue weighted by atomic mass is 35.5. The lowest BCUT2D eigenvalue weighted by Crippen LogP contribution is -2.31. The van der Waals surface area contributed by atoms with Crippen molar-refractivity contribution in [2.45, 2.75) is 26.3 Å². The van der Waals surface area contributed by atoms with Gasteiger partial charge in [-0.2, -0.15) is 0 Å². The summed E-state index contributed by atoms with van der Waals surface area (Å²) in [4.78, 5) is 25.0.